The minimum absolute atomic E-state index is 0. The van der Waals surface area contributed by atoms with Gasteiger partial charge in [-0.25, -0.2) is 9.55 Å². The molecule has 156 valence electrons. The van der Waals surface area contributed by atoms with Crippen LogP contribution in [0.1, 0.15) is 18.7 Å². The molecule has 1 atom stereocenters. The van der Waals surface area contributed by atoms with E-state index in [2.05, 4.69) is 18.8 Å². The van der Waals surface area contributed by atoms with Gasteiger partial charge >= 0.3 is 7.60 Å². The number of anilines is 1. The van der Waals surface area contributed by atoms with Gasteiger partial charge in [-0.3, -0.25) is 0 Å². The lowest BCUT2D eigenvalue weighted by Crippen LogP contribution is -2.06. The summed E-state index contributed by atoms with van der Waals surface area (Å²) < 4.78 is 34.1. The Labute approximate surface area is 177 Å². The van der Waals surface area contributed by atoms with E-state index in [1.54, 1.807) is 12.1 Å². The molecule has 3 aromatic rings. The highest BCUT2D eigenvalue weighted by molar-refractivity contribution is 7.61. The number of fused-ring (bicyclic) bond motifs is 1. The van der Waals surface area contributed by atoms with E-state index in [4.69, 9.17) is 24.1 Å². The second-order valence-electron chi connectivity index (χ2n) is 6.69. The molecule has 0 radical (unpaired) electrons. The van der Waals surface area contributed by atoms with Crippen molar-refractivity contribution in [3.63, 3.8) is 0 Å². The predicted molar refractivity (Wildman–Crippen MR) is 113 cm³/mol. The van der Waals surface area contributed by atoms with Crippen LogP contribution in [0.4, 0.5) is 5.13 Å². The lowest BCUT2D eigenvalue weighted by Gasteiger charge is -2.11. The van der Waals surface area contributed by atoms with Gasteiger partial charge in [-0.15, -0.1) is 23.7 Å². The summed E-state index contributed by atoms with van der Waals surface area (Å²) in [6.07, 6.45) is 0.782. The molecular weight excluding hydrogens is 439 g/mol. The number of thiazole rings is 1. The van der Waals surface area contributed by atoms with Crippen LogP contribution in [0.2, 0.25) is 0 Å². The van der Waals surface area contributed by atoms with E-state index in [-0.39, 0.29) is 30.5 Å². The average molecular weight is 459 g/mol. The molecule has 4 rings (SSSR count). The minimum atomic E-state index is -4.25. The fourth-order valence-electron chi connectivity index (χ4n) is 2.80. The molecule has 0 saturated heterocycles. The van der Waals surface area contributed by atoms with Gasteiger partial charge in [0.05, 0.1) is 0 Å². The Balaban J connectivity index is 0.00000240. The van der Waals surface area contributed by atoms with Crippen molar-refractivity contribution in [2.45, 2.75) is 20.3 Å². The van der Waals surface area contributed by atoms with Gasteiger partial charge in [0.15, 0.2) is 22.4 Å². The maximum atomic E-state index is 12.7. The van der Waals surface area contributed by atoms with Crippen molar-refractivity contribution in [1.82, 2.24) is 4.98 Å². The summed E-state index contributed by atoms with van der Waals surface area (Å²) in [5, 5.41) is 0.424. The number of aromatic nitrogens is 1. The van der Waals surface area contributed by atoms with Gasteiger partial charge in [0, 0.05) is 10.9 Å². The molecule has 0 amide bonds. The quantitative estimate of drug-likeness (QED) is 0.527. The van der Waals surface area contributed by atoms with Crippen molar-refractivity contribution in [1.29, 1.82) is 0 Å². The number of benzene rings is 1. The van der Waals surface area contributed by atoms with Crippen LogP contribution in [0.5, 0.6) is 17.2 Å². The number of nitrogens with zero attached hydrogens (tertiary/aromatic N) is 1. The zero-order chi connectivity index (χ0) is 19.9. The maximum Gasteiger partial charge on any atom is 0.443 e. The first-order valence-electron chi connectivity index (χ1n) is 8.60. The summed E-state index contributed by atoms with van der Waals surface area (Å²) in [7, 11) is -4.25. The fraction of sp³-hybridized carbons (Fsp3) is 0.278. The maximum absolute atomic E-state index is 12.7. The standard InChI is InChI=1S/C18H19N2O6PS.ClH/c1-10(2)7-15-17(20-18(19)28-15)13-5-6-16(25-13)27(21,22)26-11-3-4-12-14(8-11)24-9-23-12;/h3-6,8,10H,7,9H2,1-2H3,(H2,19,20)(H,21,22);1H. The van der Waals surface area contributed by atoms with Crippen LogP contribution >= 0.6 is 31.3 Å². The predicted octanol–water partition coefficient (Wildman–Crippen LogP) is 4.22. The Kier molecular flexibility index (Phi) is 6.14. The summed E-state index contributed by atoms with van der Waals surface area (Å²) in [6.45, 7) is 4.29. The lowest BCUT2D eigenvalue weighted by atomic mass is 10.1. The Morgan fingerprint density at radius 2 is 2.03 bits per heavy atom. The summed E-state index contributed by atoms with van der Waals surface area (Å²) >= 11 is 1.39. The van der Waals surface area contributed by atoms with Gasteiger partial charge in [-0.2, -0.15) is 0 Å². The third-order valence-electron chi connectivity index (χ3n) is 3.98. The number of hydrogen-bond acceptors (Lipinski definition) is 8. The molecule has 0 fully saturated rings. The molecule has 11 heteroatoms. The van der Waals surface area contributed by atoms with Crippen LogP contribution in [0.25, 0.3) is 11.5 Å². The second kappa shape index (κ2) is 8.28. The van der Waals surface area contributed by atoms with E-state index in [0.717, 1.165) is 11.3 Å². The molecule has 0 bridgehead atoms. The molecule has 3 N–H and O–H groups in total. The first-order chi connectivity index (χ1) is 13.3. The van der Waals surface area contributed by atoms with Gasteiger partial charge in [0.1, 0.15) is 11.4 Å². The fourth-order valence-corrected chi connectivity index (χ4v) is 4.81. The summed E-state index contributed by atoms with van der Waals surface area (Å²) in [6, 6.07) is 7.65. The molecular formula is C18H20ClN2O6PS. The first kappa shape index (κ1) is 21.5. The first-order valence-corrected chi connectivity index (χ1v) is 11.0. The van der Waals surface area contributed by atoms with Crippen molar-refractivity contribution in [3.8, 4) is 28.7 Å². The molecule has 1 aliphatic heterocycles. The van der Waals surface area contributed by atoms with Crippen LogP contribution < -0.4 is 25.2 Å². The van der Waals surface area contributed by atoms with Crippen LogP contribution in [0, 0.1) is 5.92 Å². The van der Waals surface area contributed by atoms with Gasteiger partial charge in [-0.1, -0.05) is 13.8 Å². The van der Waals surface area contributed by atoms with Gasteiger partial charge in [0.25, 0.3) is 0 Å². The van der Waals surface area contributed by atoms with E-state index < -0.39 is 7.60 Å². The van der Waals surface area contributed by atoms with Crippen LogP contribution in [0.15, 0.2) is 34.7 Å². The molecule has 0 saturated carbocycles. The second-order valence-corrected chi connectivity index (χ2v) is 9.47. The molecule has 8 nitrogen and oxygen atoms in total. The number of nitrogen functional groups attached to an aromatic ring is 1. The van der Waals surface area contributed by atoms with Crippen LogP contribution in [0.3, 0.4) is 0 Å². The number of halogens is 1. The van der Waals surface area contributed by atoms with E-state index in [9.17, 15) is 9.46 Å². The smallest absolute Gasteiger partial charge is 0.443 e. The molecule has 0 aliphatic carbocycles. The van der Waals surface area contributed by atoms with Gasteiger partial charge < -0.3 is 29.0 Å². The van der Waals surface area contributed by atoms with E-state index in [0.29, 0.717) is 34.0 Å². The number of rotatable bonds is 6. The average Bonchev–Trinajstić information content (AvgIpc) is 3.33. The molecule has 1 unspecified atom stereocenters. The third-order valence-corrected chi connectivity index (χ3v) is 6.15. The minimum Gasteiger partial charge on any atom is -0.454 e. The van der Waals surface area contributed by atoms with Crippen LogP contribution in [-0.2, 0) is 11.0 Å². The molecule has 1 aromatic carbocycles. The zero-order valence-electron chi connectivity index (χ0n) is 15.7. The number of furan rings is 1. The largest absolute Gasteiger partial charge is 0.454 e. The molecule has 1 aliphatic rings. The zero-order valence-corrected chi connectivity index (χ0v) is 18.2. The Morgan fingerprint density at radius 1 is 1.28 bits per heavy atom. The van der Waals surface area contributed by atoms with Crippen molar-refractivity contribution in [2.24, 2.45) is 5.92 Å². The lowest BCUT2D eigenvalue weighted by molar-refractivity contribution is 0.174. The van der Waals surface area contributed by atoms with E-state index >= 15 is 0 Å². The Bertz CT molecular complexity index is 1070. The number of nitrogens with two attached hydrogens (primary N) is 1. The molecule has 3 heterocycles. The topological polar surface area (TPSA) is 117 Å². The van der Waals surface area contributed by atoms with Crippen molar-refractivity contribution in [2.75, 3.05) is 12.5 Å². The highest BCUT2D eigenvalue weighted by Gasteiger charge is 2.31. The number of ether oxygens (including phenoxy) is 2. The Hall–Kier alpha value is -2.19. The highest BCUT2D eigenvalue weighted by Crippen LogP contribution is 2.45. The highest BCUT2D eigenvalue weighted by atomic mass is 35.5. The van der Waals surface area contributed by atoms with Crippen molar-refractivity contribution < 1.29 is 27.9 Å². The normalized spacial score (nSPS) is 14.5. The molecule has 2 aromatic heterocycles. The third kappa shape index (κ3) is 4.53. The molecule has 0 spiro atoms. The molecule has 29 heavy (non-hydrogen) atoms. The van der Waals surface area contributed by atoms with Crippen molar-refractivity contribution >= 4 is 42.0 Å². The number of hydrogen-bond donors (Lipinski definition) is 2. The van der Waals surface area contributed by atoms with E-state index in [1.807, 2.05) is 0 Å². The van der Waals surface area contributed by atoms with Gasteiger partial charge in [-0.05, 0) is 36.6 Å². The SMILES string of the molecule is CC(C)Cc1sc(N)nc1-c1ccc(P(=O)(O)Oc2ccc3c(c2)OCO3)o1.Cl. The summed E-state index contributed by atoms with van der Waals surface area (Å²) in [4.78, 5) is 15.7. The summed E-state index contributed by atoms with van der Waals surface area (Å²) in [5.74, 6) is 1.97. The van der Waals surface area contributed by atoms with Crippen LogP contribution in [-0.4, -0.2) is 16.7 Å². The monoisotopic (exact) mass is 458 g/mol. The summed E-state index contributed by atoms with van der Waals surface area (Å²) in [5.41, 5.74) is 6.26. The van der Waals surface area contributed by atoms with E-state index in [1.165, 1.54) is 29.5 Å². The van der Waals surface area contributed by atoms with Gasteiger partial charge in [0.2, 0.25) is 12.3 Å². The van der Waals surface area contributed by atoms with Crippen molar-refractivity contribution in [3.05, 3.63) is 35.2 Å². The Morgan fingerprint density at radius 3 is 2.79 bits per heavy atom.